The van der Waals surface area contributed by atoms with Crippen LogP contribution in [0.25, 0.3) is 0 Å². The summed E-state index contributed by atoms with van der Waals surface area (Å²) in [5, 5.41) is 22.1. The molecule has 0 bridgehead atoms. The van der Waals surface area contributed by atoms with Crippen LogP contribution in [-0.4, -0.2) is 56.8 Å². The molecule has 2 radical (unpaired) electrons. The SMILES string of the molecule is CCC[CH2][Sn][CH2]CCC.CCO.CCO.CO. The minimum absolute atomic E-state index is 0.149. The zero-order valence-corrected chi connectivity index (χ0v) is 15.4. The van der Waals surface area contributed by atoms with Gasteiger partial charge >= 0.3 is 69.5 Å². The van der Waals surface area contributed by atoms with Gasteiger partial charge in [-0.15, -0.1) is 0 Å². The molecule has 0 aliphatic heterocycles. The van der Waals surface area contributed by atoms with Gasteiger partial charge in [0.2, 0.25) is 0 Å². The molecule has 0 fully saturated rings. The van der Waals surface area contributed by atoms with Crippen molar-refractivity contribution < 1.29 is 15.3 Å². The van der Waals surface area contributed by atoms with Crippen LogP contribution in [0.15, 0.2) is 0 Å². The summed E-state index contributed by atoms with van der Waals surface area (Å²) in [7, 11) is 1.00. The topological polar surface area (TPSA) is 60.7 Å². The van der Waals surface area contributed by atoms with Crippen molar-refractivity contribution >= 4 is 21.1 Å². The molecule has 0 aliphatic carbocycles. The Labute approximate surface area is 119 Å². The van der Waals surface area contributed by atoms with Crippen molar-refractivity contribution in [3.8, 4) is 0 Å². The zero-order chi connectivity index (χ0) is 14.4. The monoisotopic (exact) mass is 358 g/mol. The maximum atomic E-state index is 7.57. The smallest absolute Gasteiger partial charge is 0.0402 e. The Morgan fingerprint density at radius 1 is 0.706 bits per heavy atom. The molecule has 0 saturated carbocycles. The van der Waals surface area contributed by atoms with E-state index in [2.05, 4.69) is 13.8 Å². The van der Waals surface area contributed by atoms with Gasteiger partial charge in [0, 0.05) is 20.3 Å². The first-order chi connectivity index (χ1) is 8.24. The molecule has 0 aromatic heterocycles. The van der Waals surface area contributed by atoms with E-state index in [1.54, 1.807) is 22.7 Å². The third kappa shape index (κ3) is 80.6. The Hall–Kier alpha value is 0.679. The summed E-state index contributed by atoms with van der Waals surface area (Å²) in [5.74, 6) is 0. The summed E-state index contributed by atoms with van der Waals surface area (Å²) >= 11 is 0.149. The molecule has 0 rings (SSSR count). The Morgan fingerprint density at radius 3 is 1.12 bits per heavy atom. The Balaban J connectivity index is -0.0000000879. The maximum Gasteiger partial charge on any atom is 0.0402 e. The number of hydrogen-bond donors (Lipinski definition) is 3. The van der Waals surface area contributed by atoms with Crippen LogP contribution in [0.5, 0.6) is 0 Å². The van der Waals surface area contributed by atoms with Gasteiger partial charge in [0.15, 0.2) is 0 Å². The van der Waals surface area contributed by atoms with Gasteiger partial charge in [-0.05, 0) is 13.8 Å². The van der Waals surface area contributed by atoms with Crippen molar-refractivity contribution in [2.75, 3.05) is 20.3 Å². The molecule has 0 saturated heterocycles. The van der Waals surface area contributed by atoms with Gasteiger partial charge in [-0.1, -0.05) is 0 Å². The Morgan fingerprint density at radius 2 is 0.941 bits per heavy atom. The van der Waals surface area contributed by atoms with Crippen LogP contribution in [-0.2, 0) is 0 Å². The van der Waals surface area contributed by atoms with Crippen LogP contribution in [0.4, 0.5) is 0 Å². The number of unbranched alkanes of at least 4 members (excludes halogenated alkanes) is 2. The van der Waals surface area contributed by atoms with Crippen LogP contribution >= 0.6 is 0 Å². The van der Waals surface area contributed by atoms with Gasteiger partial charge in [0.25, 0.3) is 0 Å². The van der Waals surface area contributed by atoms with Gasteiger partial charge in [-0.3, -0.25) is 0 Å². The molecule has 4 heteroatoms. The third-order valence-corrected chi connectivity index (χ3v) is 5.45. The minimum Gasteiger partial charge on any atom is -0.400 e. The number of rotatable bonds is 6. The number of aliphatic hydroxyl groups is 3. The zero-order valence-electron chi connectivity index (χ0n) is 12.5. The van der Waals surface area contributed by atoms with E-state index in [1.807, 2.05) is 0 Å². The first-order valence-electron chi connectivity index (χ1n) is 6.62. The van der Waals surface area contributed by atoms with Crippen molar-refractivity contribution in [2.24, 2.45) is 0 Å². The predicted molar refractivity (Wildman–Crippen MR) is 78.8 cm³/mol. The molecule has 0 amide bonds. The standard InChI is InChI=1S/2C4H9.2C2H6O.CH4O.Sn/c2*1-3-4-2;2*1-2-3;1-2;/h2*1,3-4H2,2H3;2*3H,2H2,1H3;2H,1H3;. The van der Waals surface area contributed by atoms with E-state index >= 15 is 0 Å². The molecule has 17 heavy (non-hydrogen) atoms. The molecular formula is C13H34O3Sn. The molecule has 108 valence electrons. The second-order valence-corrected chi connectivity index (χ2v) is 7.37. The number of aliphatic hydroxyl groups excluding tert-OH is 3. The molecule has 0 heterocycles. The quantitative estimate of drug-likeness (QED) is 0.506. The predicted octanol–water partition coefficient (Wildman–Crippen LogP) is 2.73. The van der Waals surface area contributed by atoms with E-state index in [0.29, 0.717) is 0 Å². The second-order valence-electron chi connectivity index (χ2n) is 3.09. The fourth-order valence-electron chi connectivity index (χ4n) is 0.729. The average molecular weight is 357 g/mol. The molecule has 3 N–H and O–H groups in total. The first-order valence-corrected chi connectivity index (χ1v) is 10.7. The van der Waals surface area contributed by atoms with Crippen LogP contribution in [0.3, 0.4) is 0 Å². The summed E-state index contributed by atoms with van der Waals surface area (Å²) in [6, 6.07) is 0. The van der Waals surface area contributed by atoms with Crippen molar-refractivity contribution in [3.05, 3.63) is 0 Å². The van der Waals surface area contributed by atoms with Crippen LogP contribution in [0.1, 0.15) is 53.4 Å². The van der Waals surface area contributed by atoms with Gasteiger partial charge in [0.05, 0.1) is 0 Å². The maximum absolute atomic E-state index is 7.57. The second kappa shape index (κ2) is 43.8. The van der Waals surface area contributed by atoms with E-state index in [4.69, 9.17) is 15.3 Å². The molecule has 0 aliphatic rings. The summed E-state index contributed by atoms with van der Waals surface area (Å²) in [6.07, 6.45) is 5.84. The third-order valence-electron chi connectivity index (χ3n) is 1.41. The number of hydrogen-bond acceptors (Lipinski definition) is 3. The summed E-state index contributed by atoms with van der Waals surface area (Å²) in [4.78, 5) is 0. The van der Waals surface area contributed by atoms with Gasteiger partial charge in [0.1, 0.15) is 0 Å². The first kappa shape index (κ1) is 26.3. The van der Waals surface area contributed by atoms with E-state index in [9.17, 15) is 0 Å². The fraction of sp³-hybridized carbons (Fsp3) is 1.00. The molecule has 0 unspecified atom stereocenters. The fourth-order valence-corrected chi connectivity index (χ4v) is 4.89. The molecule has 0 aromatic carbocycles. The van der Waals surface area contributed by atoms with E-state index in [1.165, 1.54) is 25.7 Å². The van der Waals surface area contributed by atoms with Crippen LogP contribution in [0.2, 0.25) is 8.87 Å². The molecule has 0 spiro atoms. The largest absolute Gasteiger partial charge is 0.400 e. The summed E-state index contributed by atoms with van der Waals surface area (Å²) in [6.45, 7) is 8.44. The summed E-state index contributed by atoms with van der Waals surface area (Å²) < 4.78 is 3.25. The van der Waals surface area contributed by atoms with E-state index in [-0.39, 0.29) is 34.4 Å². The van der Waals surface area contributed by atoms with Crippen molar-refractivity contribution in [3.63, 3.8) is 0 Å². The van der Waals surface area contributed by atoms with Gasteiger partial charge in [-0.25, -0.2) is 0 Å². The van der Waals surface area contributed by atoms with E-state index in [0.717, 1.165) is 7.11 Å². The van der Waals surface area contributed by atoms with Crippen molar-refractivity contribution in [1.82, 2.24) is 0 Å². The minimum atomic E-state index is 0.149. The van der Waals surface area contributed by atoms with Crippen LogP contribution in [0, 0.1) is 0 Å². The van der Waals surface area contributed by atoms with E-state index < -0.39 is 0 Å². The Kier molecular flexibility index (Phi) is 67.7. The Bertz CT molecular complexity index is 65.7. The summed E-state index contributed by atoms with van der Waals surface area (Å²) in [5.41, 5.74) is 0. The molecular weight excluding hydrogens is 323 g/mol. The normalized spacial score (nSPS) is 7.76. The average Bonchev–Trinajstić information content (AvgIpc) is 2.34. The van der Waals surface area contributed by atoms with Crippen molar-refractivity contribution in [2.45, 2.75) is 62.3 Å². The molecule has 0 aromatic rings. The molecule has 0 atom stereocenters. The van der Waals surface area contributed by atoms with Gasteiger partial charge in [-0.2, -0.15) is 0 Å². The van der Waals surface area contributed by atoms with Crippen molar-refractivity contribution in [1.29, 1.82) is 0 Å². The van der Waals surface area contributed by atoms with Gasteiger partial charge < -0.3 is 15.3 Å². The van der Waals surface area contributed by atoms with Crippen LogP contribution < -0.4 is 0 Å². The molecule has 3 nitrogen and oxygen atoms in total.